The molecule has 0 aromatic heterocycles. The van der Waals surface area contributed by atoms with Gasteiger partial charge in [-0.3, -0.25) is 0 Å². The van der Waals surface area contributed by atoms with Gasteiger partial charge in [0.05, 0.1) is 14.2 Å². The van der Waals surface area contributed by atoms with Crippen molar-refractivity contribution in [2.45, 2.75) is 6.92 Å². The highest BCUT2D eigenvalue weighted by Gasteiger charge is 2.22. The van der Waals surface area contributed by atoms with E-state index in [-0.39, 0.29) is 0 Å². The summed E-state index contributed by atoms with van der Waals surface area (Å²) in [5, 5.41) is 0. The molecule has 0 spiro atoms. The molecule has 0 amide bonds. The van der Waals surface area contributed by atoms with Crippen molar-refractivity contribution in [2.75, 3.05) is 27.4 Å². The molecule has 0 radical (unpaired) electrons. The van der Waals surface area contributed by atoms with Gasteiger partial charge in [-0.05, 0) is 18.6 Å². The van der Waals surface area contributed by atoms with Crippen LogP contribution in [0, 0.1) is 6.92 Å². The van der Waals surface area contributed by atoms with Gasteiger partial charge in [-0.15, -0.1) is 0 Å². The van der Waals surface area contributed by atoms with Crippen LogP contribution in [0.15, 0.2) is 6.07 Å². The van der Waals surface area contributed by atoms with E-state index in [0.717, 1.165) is 11.3 Å². The Kier molecular flexibility index (Phi) is 2.58. The minimum atomic E-state index is 0.537. The number of ether oxygens (including phenoxy) is 4. The molecule has 4 heteroatoms. The number of hydrogen-bond donors (Lipinski definition) is 0. The lowest BCUT2D eigenvalue weighted by Crippen LogP contribution is -2.16. The van der Waals surface area contributed by atoms with E-state index in [1.165, 1.54) is 0 Å². The largest absolute Gasteiger partial charge is 0.492 e. The number of benzene rings is 1. The van der Waals surface area contributed by atoms with Crippen LogP contribution in [0.25, 0.3) is 0 Å². The first kappa shape index (κ1) is 9.96. The van der Waals surface area contributed by atoms with Crippen molar-refractivity contribution in [3.8, 4) is 23.0 Å². The Balaban J connectivity index is 2.59. The Labute approximate surface area is 88.7 Å². The summed E-state index contributed by atoms with van der Waals surface area (Å²) in [6.45, 7) is 3.05. The first-order chi connectivity index (χ1) is 7.27. The van der Waals surface area contributed by atoms with E-state index < -0.39 is 0 Å². The molecule has 1 heterocycles. The van der Waals surface area contributed by atoms with Gasteiger partial charge in [0.1, 0.15) is 13.2 Å². The molecular weight excluding hydrogens is 196 g/mol. The van der Waals surface area contributed by atoms with E-state index in [1.54, 1.807) is 14.2 Å². The van der Waals surface area contributed by atoms with Crippen LogP contribution in [0.5, 0.6) is 23.0 Å². The van der Waals surface area contributed by atoms with Gasteiger partial charge < -0.3 is 18.9 Å². The summed E-state index contributed by atoms with van der Waals surface area (Å²) < 4.78 is 21.6. The molecule has 2 rings (SSSR count). The predicted octanol–water partition coefficient (Wildman–Crippen LogP) is 1.78. The SMILES string of the molecule is COc1c(C)cc2c(c1OC)OCCO2. The average molecular weight is 210 g/mol. The Hall–Kier alpha value is -1.58. The first-order valence-electron chi connectivity index (χ1n) is 4.79. The van der Waals surface area contributed by atoms with Crippen LogP contribution in [0.4, 0.5) is 0 Å². The average Bonchev–Trinajstić information content (AvgIpc) is 2.27. The van der Waals surface area contributed by atoms with Crippen LogP contribution in [0.2, 0.25) is 0 Å². The highest BCUT2D eigenvalue weighted by molar-refractivity contribution is 5.62. The standard InChI is InChI=1S/C11H14O4/c1-7-6-8-10(15-5-4-14-8)11(13-3)9(7)12-2/h6H,4-5H2,1-3H3. The highest BCUT2D eigenvalue weighted by Crippen LogP contribution is 2.47. The van der Waals surface area contributed by atoms with E-state index in [4.69, 9.17) is 18.9 Å². The molecule has 1 aromatic rings. The van der Waals surface area contributed by atoms with Gasteiger partial charge in [0, 0.05) is 0 Å². The van der Waals surface area contributed by atoms with Gasteiger partial charge in [0.25, 0.3) is 0 Å². The zero-order valence-corrected chi connectivity index (χ0v) is 9.12. The fourth-order valence-corrected chi connectivity index (χ4v) is 1.70. The molecule has 0 fully saturated rings. The van der Waals surface area contributed by atoms with Crippen molar-refractivity contribution in [1.29, 1.82) is 0 Å². The monoisotopic (exact) mass is 210 g/mol. The van der Waals surface area contributed by atoms with Gasteiger partial charge in [0.15, 0.2) is 11.5 Å². The Morgan fingerprint density at radius 1 is 1.07 bits per heavy atom. The maximum absolute atomic E-state index is 5.51. The maximum atomic E-state index is 5.51. The number of rotatable bonds is 2. The minimum Gasteiger partial charge on any atom is -0.492 e. The summed E-state index contributed by atoms with van der Waals surface area (Å²) >= 11 is 0. The second-order valence-electron chi connectivity index (χ2n) is 3.28. The molecule has 0 aliphatic carbocycles. The fourth-order valence-electron chi connectivity index (χ4n) is 1.70. The van der Waals surface area contributed by atoms with Crippen LogP contribution in [-0.4, -0.2) is 27.4 Å². The molecule has 0 saturated heterocycles. The normalized spacial score (nSPS) is 13.5. The molecule has 82 valence electrons. The van der Waals surface area contributed by atoms with Gasteiger partial charge >= 0.3 is 0 Å². The van der Waals surface area contributed by atoms with Crippen LogP contribution < -0.4 is 18.9 Å². The molecule has 0 saturated carbocycles. The molecule has 4 nitrogen and oxygen atoms in total. The van der Waals surface area contributed by atoms with Gasteiger partial charge in [-0.25, -0.2) is 0 Å². The third kappa shape index (κ3) is 1.56. The van der Waals surface area contributed by atoms with Crippen LogP contribution >= 0.6 is 0 Å². The summed E-state index contributed by atoms with van der Waals surface area (Å²) in [4.78, 5) is 0. The number of hydrogen-bond acceptors (Lipinski definition) is 4. The fraction of sp³-hybridized carbons (Fsp3) is 0.455. The second-order valence-corrected chi connectivity index (χ2v) is 3.28. The highest BCUT2D eigenvalue weighted by atomic mass is 16.6. The second kappa shape index (κ2) is 3.88. The summed E-state index contributed by atoms with van der Waals surface area (Å²) in [5.41, 5.74) is 0.971. The van der Waals surface area contributed by atoms with Gasteiger partial charge in [-0.1, -0.05) is 0 Å². The van der Waals surface area contributed by atoms with Gasteiger partial charge in [0.2, 0.25) is 11.5 Å². The van der Waals surface area contributed by atoms with Crippen molar-refractivity contribution in [2.24, 2.45) is 0 Å². The zero-order valence-electron chi connectivity index (χ0n) is 9.12. The molecule has 1 aromatic carbocycles. The van der Waals surface area contributed by atoms with Crippen molar-refractivity contribution in [3.63, 3.8) is 0 Å². The zero-order chi connectivity index (χ0) is 10.8. The molecular formula is C11H14O4. The molecule has 0 unspecified atom stereocenters. The summed E-state index contributed by atoms with van der Waals surface area (Å²) in [5.74, 6) is 2.65. The van der Waals surface area contributed by atoms with Crippen LogP contribution in [0.3, 0.4) is 0 Å². The van der Waals surface area contributed by atoms with E-state index >= 15 is 0 Å². The molecule has 0 N–H and O–H groups in total. The Morgan fingerprint density at radius 2 is 1.73 bits per heavy atom. The van der Waals surface area contributed by atoms with E-state index in [2.05, 4.69) is 0 Å². The van der Waals surface area contributed by atoms with Gasteiger partial charge in [-0.2, -0.15) is 0 Å². The Bertz CT molecular complexity index is 373. The molecule has 1 aliphatic rings. The molecule has 0 bridgehead atoms. The Morgan fingerprint density at radius 3 is 2.40 bits per heavy atom. The van der Waals surface area contributed by atoms with Crippen molar-refractivity contribution in [1.82, 2.24) is 0 Å². The third-order valence-corrected chi connectivity index (χ3v) is 2.34. The summed E-state index contributed by atoms with van der Waals surface area (Å²) in [6, 6.07) is 1.90. The topological polar surface area (TPSA) is 36.9 Å². The molecule has 1 aliphatic heterocycles. The lowest BCUT2D eigenvalue weighted by atomic mass is 10.1. The predicted molar refractivity (Wildman–Crippen MR) is 55.3 cm³/mol. The number of aryl methyl sites for hydroxylation is 1. The first-order valence-corrected chi connectivity index (χ1v) is 4.79. The minimum absolute atomic E-state index is 0.537. The summed E-state index contributed by atoms with van der Waals surface area (Å²) in [6.07, 6.45) is 0. The van der Waals surface area contributed by atoms with E-state index in [0.29, 0.717) is 30.5 Å². The quantitative estimate of drug-likeness (QED) is 0.745. The maximum Gasteiger partial charge on any atom is 0.207 e. The lowest BCUT2D eigenvalue weighted by molar-refractivity contribution is 0.163. The van der Waals surface area contributed by atoms with Crippen LogP contribution in [0.1, 0.15) is 5.56 Å². The van der Waals surface area contributed by atoms with Crippen LogP contribution in [-0.2, 0) is 0 Å². The third-order valence-electron chi connectivity index (χ3n) is 2.34. The molecule has 15 heavy (non-hydrogen) atoms. The van der Waals surface area contributed by atoms with Crippen molar-refractivity contribution in [3.05, 3.63) is 11.6 Å². The lowest BCUT2D eigenvalue weighted by Gasteiger charge is -2.22. The van der Waals surface area contributed by atoms with E-state index in [9.17, 15) is 0 Å². The number of fused-ring (bicyclic) bond motifs is 1. The number of methoxy groups -OCH3 is 2. The van der Waals surface area contributed by atoms with Crippen molar-refractivity contribution < 1.29 is 18.9 Å². The smallest absolute Gasteiger partial charge is 0.207 e. The molecule has 0 atom stereocenters. The van der Waals surface area contributed by atoms with E-state index in [1.807, 2.05) is 13.0 Å². The van der Waals surface area contributed by atoms with Crippen molar-refractivity contribution >= 4 is 0 Å². The summed E-state index contributed by atoms with van der Waals surface area (Å²) in [7, 11) is 3.20.